The van der Waals surface area contributed by atoms with Gasteiger partial charge in [0.25, 0.3) is 5.69 Å². The van der Waals surface area contributed by atoms with Crippen molar-refractivity contribution in [2.24, 2.45) is 5.16 Å². The maximum Gasteiger partial charge on any atom is 0.270 e. The lowest BCUT2D eigenvalue weighted by Crippen LogP contribution is -2.04. The van der Waals surface area contributed by atoms with Crippen molar-refractivity contribution in [2.75, 3.05) is 19.8 Å². The number of non-ortho nitro benzene ring substituents is 1. The van der Waals surface area contributed by atoms with Crippen LogP contribution in [0.2, 0.25) is 0 Å². The van der Waals surface area contributed by atoms with E-state index in [2.05, 4.69) is 5.16 Å². The van der Waals surface area contributed by atoms with Crippen molar-refractivity contribution in [3.63, 3.8) is 0 Å². The molecule has 0 heterocycles. The second kappa shape index (κ2) is 9.14. The van der Waals surface area contributed by atoms with E-state index >= 15 is 0 Å². The normalized spacial score (nSPS) is 10.5. The Labute approximate surface area is 139 Å². The molecule has 7 heteroatoms. The molecule has 0 radical (unpaired) electrons. The standard InChI is InChI=1S/C17H18N2O5/c1-2-22-16-6-8-17(9-7-16)23-10-11-24-18-13-14-4-3-5-15(12-14)19(20)21/h3-9,12-13H,2,10-11H2,1H3/b18-13-. The Morgan fingerprint density at radius 3 is 2.46 bits per heavy atom. The Morgan fingerprint density at radius 2 is 1.79 bits per heavy atom. The van der Waals surface area contributed by atoms with E-state index in [0.29, 0.717) is 24.5 Å². The van der Waals surface area contributed by atoms with Crippen LogP contribution in [0, 0.1) is 10.1 Å². The molecule has 0 aromatic heterocycles. The van der Waals surface area contributed by atoms with Crippen molar-refractivity contribution in [3.05, 3.63) is 64.2 Å². The smallest absolute Gasteiger partial charge is 0.270 e. The third kappa shape index (κ3) is 5.60. The van der Waals surface area contributed by atoms with Gasteiger partial charge in [0.05, 0.1) is 17.7 Å². The number of rotatable bonds is 9. The highest BCUT2D eigenvalue weighted by Gasteiger charge is 2.03. The molecule has 0 N–H and O–H groups in total. The summed E-state index contributed by atoms with van der Waals surface area (Å²) in [5.74, 6) is 1.51. The lowest BCUT2D eigenvalue weighted by molar-refractivity contribution is -0.384. The predicted molar refractivity (Wildman–Crippen MR) is 89.7 cm³/mol. The third-order valence-corrected chi connectivity index (χ3v) is 2.94. The number of nitro groups is 1. The van der Waals surface area contributed by atoms with Gasteiger partial charge in [0, 0.05) is 17.7 Å². The summed E-state index contributed by atoms with van der Waals surface area (Å²) in [6.07, 6.45) is 1.42. The first-order valence-electron chi connectivity index (χ1n) is 7.44. The van der Waals surface area contributed by atoms with E-state index in [0.717, 1.165) is 5.75 Å². The number of nitrogens with zero attached hydrogens (tertiary/aromatic N) is 2. The lowest BCUT2D eigenvalue weighted by atomic mass is 10.2. The Morgan fingerprint density at radius 1 is 1.08 bits per heavy atom. The van der Waals surface area contributed by atoms with E-state index in [1.165, 1.54) is 18.3 Å². The molecule has 24 heavy (non-hydrogen) atoms. The molecule has 0 atom stereocenters. The number of hydrogen-bond acceptors (Lipinski definition) is 6. The summed E-state index contributed by atoms with van der Waals surface area (Å²) in [4.78, 5) is 15.3. The molecule has 0 bridgehead atoms. The zero-order chi connectivity index (χ0) is 17.2. The van der Waals surface area contributed by atoms with E-state index in [-0.39, 0.29) is 12.3 Å². The van der Waals surface area contributed by atoms with Crippen molar-refractivity contribution < 1.29 is 19.2 Å². The largest absolute Gasteiger partial charge is 0.494 e. The topological polar surface area (TPSA) is 83.2 Å². The molecule has 0 amide bonds. The van der Waals surface area contributed by atoms with Crippen molar-refractivity contribution in [2.45, 2.75) is 6.92 Å². The fourth-order valence-corrected chi connectivity index (χ4v) is 1.87. The SMILES string of the molecule is CCOc1ccc(OCCO/N=C\c2cccc([N+](=O)[O-])c2)cc1. The fraction of sp³-hybridized carbons (Fsp3) is 0.235. The Hall–Kier alpha value is -3.09. The van der Waals surface area contributed by atoms with Gasteiger partial charge in [-0.2, -0.15) is 0 Å². The van der Waals surface area contributed by atoms with Gasteiger partial charge >= 0.3 is 0 Å². The van der Waals surface area contributed by atoms with Gasteiger partial charge in [0.1, 0.15) is 18.1 Å². The van der Waals surface area contributed by atoms with Crippen LogP contribution in [0.25, 0.3) is 0 Å². The number of nitro benzene ring substituents is 1. The molecule has 0 aliphatic heterocycles. The van der Waals surface area contributed by atoms with Gasteiger partial charge in [-0.15, -0.1) is 0 Å². The van der Waals surface area contributed by atoms with Crippen LogP contribution in [-0.4, -0.2) is 31.0 Å². The monoisotopic (exact) mass is 330 g/mol. The molecule has 0 aliphatic rings. The molecule has 0 spiro atoms. The number of benzene rings is 2. The van der Waals surface area contributed by atoms with Crippen molar-refractivity contribution >= 4 is 11.9 Å². The first kappa shape index (κ1) is 17.3. The predicted octanol–water partition coefficient (Wildman–Crippen LogP) is 3.42. The van der Waals surface area contributed by atoms with Crippen LogP contribution in [0.3, 0.4) is 0 Å². The molecule has 2 aromatic carbocycles. The summed E-state index contributed by atoms with van der Waals surface area (Å²) in [5, 5.41) is 14.4. The minimum Gasteiger partial charge on any atom is -0.494 e. The minimum absolute atomic E-state index is 0.0118. The molecule has 0 saturated carbocycles. The van der Waals surface area contributed by atoms with E-state index < -0.39 is 4.92 Å². The highest BCUT2D eigenvalue weighted by atomic mass is 16.6. The molecule has 2 rings (SSSR count). The molecule has 0 unspecified atom stereocenters. The summed E-state index contributed by atoms with van der Waals surface area (Å²) in [6.45, 7) is 3.14. The van der Waals surface area contributed by atoms with Gasteiger partial charge in [-0.1, -0.05) is 17.3 Å². The van der Waals surface area contributed by atoms with Gasteiger partial charge in [-0.3, -0.25) is 10.1 Å². The summed E-state index contributed by atoms with van der Waals surface area (Å²) in [6, 6.07) is 13.4. The van der Waals surface area contributed by atoms with Gasteiger partial charge in [0.15, 0.2) is 6.61 Å². The van der Waals surface area contributed by atoms with Crippen LogP contribution in [0.4, 0.5) is 5.69 Å². The van der Waals surface area contributed by atoms with Crippen LogP contribution in [0.5, 0.6) is 11.5 Å². The van der Waals surface area contributed by atoms with Gasteiger partial charge in [-0.05, 0) is 31.2 Å². The zero-order valence-corrected chi connectivity index (χ0v) is 13.3. The van der Waals surface area contributed by atoms with Gasteiger partial charge < -0.3 is 14.3 Å². The number of ether oxygens (including phenoxy) is 2. The molecule has 0 saturated heterocycles. The van der Waals surface area contributed by atoms with Gasteiger partial charge in [0.2, 0.25) is 0 Å². The second-order valence-corrected chi connectivity index (χ2v) is 4.67. The molecular weight excluding hydrogens is 312 g/mol. The van der Waals surface area contributed by atoms with E-state index in [1.807, 2.05) is 31.2 Å². The summed E-state index contributed by atoms with van der Waals surface area (Å²) in [5.41, 5.74) is 0.606. The highest BCUT2D eigenvalue weighted by molar-refractivity contribution is 5.80. The molecule has 0 aliphatic carbocycles. The van der Waals surface area contributed by atoms with Gasteiger partial charge in [-0.25, -0.2) is 0 Å². The van der Waals surface area contributed by atoms with E-state index in [4.69, 9.17) is 14.3 Å². The first-order chi connectivity index (χ1) is 11.7. The molecule has 0 fully saturated rings. The summed E-state index contributed by atoms with van der Waals surface area (Å²) in [7, 11) is 0. The summed E-state index contributed by atoms with van der Waals surface area (Å²) < 4.78 is 10.8. The van der Waals surface area contributed by atoms with Crippen LogP contribution in [0.15, 0.2) is 53.7 Å². The van der Waals surface area contributed by atoms with Crippen LogP contribution >= 0.6 is 0 Å². The maximum absolute atomic E-state index is 10.7. The average molecular weight is 330 g/mol. The third-order valence-electron chi connectivity index (χ3n) is 2.94. The Bertz CT molecular complexity index is 686. The van der Waals surface area contributed by atoms with Crippen LogP contribution in [0.1, 0.15) is 12.5 Å². The van der Waals surface area contributed by atoms with Crippen molar-refractivity contribution in [1.82, 2.24) is 0 Å². The van der Waals surface area contributed by atoms with Crippen molar-refractivity contribution in [1.29, 1.82) is 0 Å². The summed E-state index contributed by atoms with van der Waals surface area (Å²) >= 11 is 0. The average Bonchev–Trinajstić information content (AvgIpc) is 2.60. The fourth-order valence-electron chi connectivity index (χ4n) is 1.87. The van der Waals surface area contributed by atoms with E-state index in [1.54, 1.807) is 12.1 Å². The lowest BCUT2D eigenvalue weighted by Gasteiger charge is -2.07. The Balaban J connectivity index is 1.71. The highest BCUT2D eigenvalue weighted by Crippen LogP contribution is 2.17. The molecule has 2 aromatic rings. The van der Waals surface area contributed by atoms with E-state index in [9.17, 15) is 10.1 Å². The molecule has 126 valence electrons. The molecular formula is C17H18N2O5. The quantitative estimate of drug-likeness (QED) is 0.304. The van der Waals surface area contributed by atoms with Crippen LogP contribution < -0.4 is 9.47 Å². The van der Waals surface area contributed by atoms with Crippen molar-refractivity contribution in [3.8, 4) is 11.5 Å². The zero-order valence-electron chi connectivity index (χ0n) is 13.3. The first-order valence-corrected chi connectivity index (χ1v) is 7.44. The number of oxime groups is 1. The maximum atomic E-state index is 10.7. The minimum atomic E-state index is -0.455. The van der Waals surface area contributed by atoms with Crippen LogP contribution in [-0.2, 0) is 4.84 Å². The Kier molecular flexibility index (Phi) is 6.58. The molecule has 7 nitrogen and oxygen atoms in total. The second-order valence-electron chi connectivity index (χ2n) is 4.67. The number of hydrogen-bond donors (Lipinski definition) is 0.